The van der Waals surface area contributed by atoms with Crippen LogP contribution in [0.2, 0.25) is 0 Å². The van der Waals surface area contributed by atoms with Gasteiger partial charge in [0.15, 0.2) is 11.5 Å². The fourth-order valence-electron chi connectivity index (χ4n) is 2.87. The molecular formula is C23H23F2N5O4. The molecule has 2 amide bonds. The van der Waals surface area contributed by atoms with E-state index in [4.69, 9.17) is 4.74 Å². The van der Waals surface area contributed by atoms with Gasteiger partial charge in [0, 0.05) is 17.5 Å². The Kier molecular flexibility index (Phi) is 8.27. The van der Waals surface area contributed by atoms with Gasteiger partial charge in [0.1, 0.15) is 18.7 Å². The van der Waals surface area contributed by atoms with Crippen LogP contribution >= 0.6 is 0 Å². The first kappa shape index (κ1) is 24.4. The molecule has 0 radical (unpaired) electrons. The van der Waals surface area contributed by atoms with Crippen molar-refractivity contribution in [2.75, 3.05) is 17.2 Å². The number of hydrogen-bond acceptors (Lipinski definition) is 6. The van der Waals surface area contributed by atoms with Gasteiger partial charge in [0.25, 0.3) is 0 Å². The second-order valence-corrected chi connectivity index (χ2v) is 6.96. The third kappa shape index (κ3) is 6.86. The summed E-state index contributed by atoms with van der Waals surface area (Å²) in [6.45, 7) is 0.712. The van der Waals surface area contributed by atoms with E-state index >= 15 is 0 Å². The molecule has 0 saturated carbocycles. The van der Waals surface area contributed by atoms with E-state index in [0.29, 0.717) is 16.9 Å². The molecule has 0 aliphatic carbocycles. The van der Waals surface area contributed by atoms with Gasteiger partial charge >= 0.3 is 6.61 Å². The molecule has 34 heavy (non-hydrogen) atoms. The standard InChI is InChI=1S/C23H23F2N5O4/c1-3-33-20-12-16(4-10-19(20)34-23(24)25)5-11-21(31)28-17-6-8-18(9-7-17)29-22(32)15(2)30-14-26-13-27-30/h4-15,23H,3H2,1-2H3,(H,28,31)(H,29,32)/b11-5+/t15-/m1/s1. The Bertz CT molecular complexity index is 1130. The molecule has 11 heteroatoms. The van der Waals surface area contributed by atoms with Gasteiger partial charge in [-0.05, 0) is 61.9 Å². The van der Waals surface area contributed by atoms with Crippen LogP contribution in [0.15, 0.2) is 61.2 Å². The highest BCUT2D eigenvalue weighted by atomic mass is 19.3. The summed E-state index contributed by atoms with van der Waals surface area (Å²) in [5.41, 5.74) is 1.65. The summed E-state index contributed by atoms with van der Waals surface area (Å²) < 4.78 is 36.2. The van der Waals surface area contributed by atoms with E-state index in [0.717, 1.165) is 0 Å². The van der Waals surface area contributed by atoms with Crippen molar-refractivity contribution in [2.45, 2.75) is 26.5 Å². The molecule has 2 aromatic carbocycles. The summed E-state index contributed by atoms with van der Waals surface area (Å²) in [4.78, 5) is 28.4. The fraction of sp³-hybridized carbons (Fsp3) is 0.217. The zero-order chi connectivity index (χ0) is 24.5. The summed E-state index contributed by atoms with van der Waals surface area (Å²) in [6.07, 6.45) is 5.63. The highest BCUT2D eigenvalue weighted by Gasteiger charge is 2.15. The van der Waals surface area contributed by atoms with Crippen LogP contribution in [0.5, 0.6) is 11.5 Å². The average Bonchev–Trinajstić information content (AvgIpc) is 3.35. The van der Waals surface area contributed by atoms with Crippen molar-refractivity contribution in [3.8, 4) is 11.5 Å². The molecule has 3 aromatic rings. The number of carbonyl (C=O) groups excluding carboxylic acids is 2. The van der Waals surface area contributed by atoms with Gasteiger partial charge < -0.3 is 20.1 Å². The highest BCUT2D eigenvalue weighted by molar-refractivity contribution is 6.02. The van der Waals surface area contributed by atoms with Gasteiger partial charge in [-0.2, -0.15) is 13.9 Å². The van der Waals surface area contributed by atoms with Gasteiger partial charge in [-0.1, -0.05) is 6.07 Å². The molecule has 0 aliphatic heterocycles. The van der Waals surface area contributed by atoms with Crippen molar-refractivity contribution in [3.63, 3.8) is 0 Å². The number of benzene rings is 2. The van der Waals surface area contributed by atoms with Crippen LogP contribution < -0.4 is 20.1 Å². The van der Waals surface area contributed by atoms with E-state index in [9.17, 15) is 18.4 Å². The van der Waals surface area contributed by atoms with Crippen molar-refractivity contribution >= 4 is 29.3 Å². The predicted octanol–water partition coefficient (Wildman–Crippen LogP) is 4.13. The number of alkyl halides is 2. The third-order valence-corrected chi connectivity index (χ3v) is 4.54. The monoisotopic (exact) mass is 471 g/mol. The van der Waals surface area contributed by atoms with Crippen LogP contribution in [0.4, 0.5) is 20.2 Å². The van der Waals surface area contributed by atoms with Crippen LogP contribution in [-0.2, 0) is 9.59 Å². The minimum Gasteiger partial charge on any atom is -0.490 e. The molecule has 9 nitrogen and oxygen atoms in total. The van der Waals surface area contributed by atoms with Crippen molar-refractivity contribution in [1.29, 1.82) is 0 Å². The smallest absolute Gasteiger partial charge is 0.387 e. The lowest BCUT2D eigenvalue weighted by molar-refractivity contribution is -0.119. The van der Waals surface area contributed by atoms with E-state index in [-0.39, 0.29) is 24.0 Å². The minimum atomic E-state index is -2.97. The average molecular weight is 471 g/mol. The number of nitrogens with zero attached hydrogens (tertiary/aromatic N) is 3. The van der Waals surface area contributed by atoms with Crippen LogP contribution in [0.25, 0.3) is 6.08 Å². The maximum absolute atomic E-state index is 12.5. The molecule has 3 rings (SSSR count). The molecule has 0 aliphatic rings. The quantitative estimate of drug-likeness (QED) is 0.431. The summed E-state index contributed by atoms with van der Waals surface area (Å²) in [7, 11) is 0. The van der Waals surface area contributed by atoms with E-state index in [1.165, 1.54) is 47.7 Å². The number of carbonyl (C=O) groups is 2. The van der Waals surface area contributed by atoms with Crippen LogP contribution in [-0.4, -0.2) is 39.8 Å². The van der Waals surface area contributed by atoms with Gasteiger partial charge in [-0.25, -0.2) is 9.67 Å². The number of anilines is 2. The van der Waals surface area contributed by atoms with Crippen molar-refractivity contribution in [2.24, 2.45) is 0 Å². The molecule has 0 saturated heterocycles. The molecule has 0 fully saturated rings. The number of hydrogen-bond donors (Lipinski definition) is 2. The maximum atomic E-state index is 12.5. The van der Waals surface area contributed by atoms with Crippen molar-refractivity contribution < 1.29 is 27.8 Å². The predicted molar refractivity (Wildman–Crippen MR) is 122 cm³/mol. The normalized spacial score (nSPS) is 11.9. The molecule has 2 N–H and O–H groups in total. The Morgan fingerprint density at radius 1 is 1.09 bits per heavy atom. The number of amides is 2. The summed E-state index contributed by atoms with van der Waals surface area (Å²) >= 11 is 0. The minimum absolute atomic E-state index is 0.0821. The molecule has 178 valence electrons. The van der Waals surface area contributed by atoms with Crippen molar-refractivity contribution in [1.82, 2.24) is 14.8 Å². The molecular weight excluding hydrogens is 448 g/mol. The van der Waals surface area contributed by atoms with Gasteiger partial charge in [-0.15, -0.1) is 0 Å². The first-order valence-corrected chi connectivity index (χ1v) is 10.3. The second kappa shape index (κ2) is 11.5. The number of halogens is 2. The fourth-order valence-corrected chi connectivity index (χ4v) is 2.87. The maximum Gasteiger partial charge on any atom is 0.387 e. The Labute approximate surface area is 194 Å². The lowest BCUT2D eigenvalue weighted by atomic mass is 10.2. The molecule has 0 spiro atoms. The summed E-state index contributed by atoms with van der Waals surface area (Å²) in [5, 5.41) is 9.41. The summed E-state index contributed by atoms with van der Waals surface area (Å²) in [6, 6.07) is 10.4. The molecule has 1 aromatic heterocycles. The highest BCUT2D eigenvalue weighted by Crippen LogP contribution is 2.30. The number of rotatable bonds is 10. The lowest BCUT2D eigenvalue weighted by Gasteiger charge is -2.12. The molecule has 0 bridgehead atoms. The zero-order valence-electron chi connectivity index (χ0n) is 18.4. The van der Waals surface area contributed by atoms with E-state index in [1.54, 1.807) is 38.1 Å². The number of ether oxygens (including phenoxy) is 2. The largest absolute Gasteiger partial charge is 0.490 e. The van der Waals surface area contributed by atoms with Crippen LogP contribution in [0.3, 0.4) is 0 Å². The topological polar surface area (TPSA) is 107 Å². The number of aromatic nitrogens is 3. The Morgan fingerprint density at radius 2 is 1.79 bits per heavy atom. The Hall–Kier alpha value is -4.28. The Morgan fingerprint density at radius 3 is 2.41 bits per heavy atom. The molecule has 1 heterocycles. The van der Waals surface area contributed by atoms with E-state index in [1.807, 2.05) is 0 Å². The third-order valence-electron chi connectivity index (χ3n) is 4.54. The van der Waals surface area contributed by atoms with Crippen LogP contribution in [0.1, 0.15) is 25.5 Å². The number of nitrogens with one attached hydrogen (secondary N) is 2. The van der Waals surface area contributed by atoms with E-state index in [2.05, 4.69) is 25.5 Å². The first-order chi connectivity index (χ1) is 16.4. The first-order valence-electron chi connectivity index (χ1n) is 10.3. The van der Waals surface area contributed by atoms with Gasteiger partial charge in [-0.3, -0.25) is 9.59 Å². The van der Waals surface area contributed by atoms with Crippen molar-refractivity contribution in [3.05, 3.63) is 66.8 Å². The second-order valence-electron chi connectivity index (χ2n) is 6.96. The van der Waals surface area contributed by atoms with E-state index < -0.39 is 18.6 Å². The molecule has 0 unspecified atom stereocenters. The SMILES string of the molecule is CCOc1cc(/C=C/C(=O)Nc2ccc(NC(=O)[C@@H](C)n3cncn3)cc2)ccc1OC(F)F. The van der Waals surface area contributed by atoms with Crippen LogP contribution in [0, 0.1) is 0 Å². The van der Waals surface area contributed by atoms with Gasteiger partial charge in [0.2, 0.25) is 11.8 Å². The Balaban J connectivity index is 1.57. The van der Waals surface area contributed by atoms with Gasteiger partial charge in [0.05, 0.1) is 6.61 Å². The molecule has 1 atom stereocenters. The summed E-state index contributed by atoms with van der Waals surface area (Å²) in [5.74, 6) is -0.591. The zero-order valence-corrected chi connectivity index (χ0v) is 18.4. The lowest BCUT2D eigenvalue weighted by Crippen LogP contribution is -2.24.